The summed E-state index contributed by atoms with van der Waals surface area (Å²) in [7, 11) is 0. The number of amides is 1. The first-order valence-corrected chi connectivity index (χ1v) is 8.25. The van der Waals surface area contributed by atoms with Crippen molar-refractivity contribution >= 4 is 27.5 Å². The molecular formula is C17H18N2O2S. The molecule has 1 aliphatic heterocycles. The van der Waals surface area contributed by atoms with Crippen LogP contribution < -0.4 is 0 Å². The summed E-state index contributed by atoms with van der Waals surface area (Å²) in [4.78, 5) is 19.0. The second kappa shape index (κ2) is 6.91. The van der Waals surface area contributed by atoms with Crippen LogP contribution in [0.2, 0.25) is 0 Å². The monoisotopic (exact) mass is 314 g/mol. The van der Waals surface area contributed by atoms with E-state index in [1.165, 1.54) is 11.3 Å². The highest BCUT2D eigenvalue weighted by atomic mass is 32.1. The SMILES string of the molecule is C#CCOCC1CCCN(C(=O)c2nc3ccccc3s2)C1. The number of carbonyl (C=O) groups excluding carboxylic acids is 1. The Morgan fingerprint density at radius 1 is 1.50 bits per heavy atom. The van der Waals surface area contributed by atoms with Gasteiger partial charge >= 0.3 is 0 Å². The minimum Gasteiger partial charge on any atom is -0.368 e. The molecular weight excluding hydrogens is 296 g/mol. The van der Waals surface area contributed by atoms with Crippen molar-refractivity contribution in [2.75, 3.05) is 26.3 Å². The normalized spacial score (nSPS) is 18.3. The number of piperidine rings is 1. The van der Waals surface area contributed by atoms with Gasteiger partial charge in [0.05, 0.1) is 16.8 Å². The molecule has 1 amide bonds. The van der Waals surface area contributed by atoms with Crippen LogP contribution in [-0.2, 0) is 4.74 Å². The number of fused-ring (bicyclic) bond motifs is 1. The van der Waals surface area contributed by atoms with Gasteiger partial charge < -0.3 is 9.64 Å². The number of aromatic nitrogens is 1. The molecule has 114 valence electrons. The summed E-state index contributed by atoms with van der Waals surface area (Å²) in [5, 5.41) is 0.575. The summed E-state index contributed by atoms with van der Waals surface area (Å²) in [5.74, 6) is 2.86. The lowest BCUT2D eigenvalue weighted by Gasteiger charge is -2.31. The van der Waals surface area contributed by atoms with Crippen LogP contribution in [0.5, 0.6) is 0 Å². The molecule has 1 aromatic heterocycles. The fourth-order valence-electron chi connectivity index (χ4n) is 2.77. The Kier molecular flexibility index (Phi) is 4.71. The van der Waals surface area contributed by atoms with Crippen molar-refractivity contribution in [1.29, 1.82) is 0 Å². The van der Waals surface area contributed by atoms with Crippen LogP contribution in [0.4, 0.5) is 0 Å². The molecule has 3 rings (SSSR count). The van der Waals surface area contributed by atoms with Crippen LogP contribution in [0.15, 0.2) is 24.3 Å². The van der Waals surface area contributed by atoms with Gasteiger partial charge in [0, 0.05) is 19.0 Å². The Morgan fingerprint density at radius 3 is 3.18 bits per heavy atom. The van der Waals surface area contributed by atoms with Gasteiger partial charge in [-0.05, 0) is 25.0 Å². The summed E-state index contributed by atoms with van der Waals surface area (Å²) in [6, 6.07) is 7.84. The number of hydrogen-bond acceptors (Lipinski definition) is 4. The minimum atomic E-state index is 0.0304. The predicted octanol–water partition coefficient (Wildman–Crippen LogP) is 2.80. The van der Waals surface area contributed by atoms with Gasteiger partial charge in [-0.1, -0.05) is 18.1 Å². The summed E-state index contributed by atoms with van der Waals surface area (Å²) in [6.07, 6.45) is 7.26. The largest absolute Gasteiger partial charge is 0.368 e. The van der Waals surface area contributed by atoms with E-state index in [0.29, 0.717) is 24.1 Å². The quantitative estimate of drug-likeness (QED) is 0.644. The summed E-state index contributed by atoms with van der Waals surface area (Å²) in [6.45, 7) is 2.47. The number of ether oxygens (including phenoxy) is 1. The molecule has 1 atom stereocenters. The summed E-state index contributed by atoms with van der Waals surface area (Å²) >= 11 is 1.46. The Morgan fingerprint density at radius 2 is 2.36 bits per heavy atom. The first kappa shape index (κ1) is 15.0. The number of carbonyl (C=O) groups is 1. The third-order valence-electron chi connectivity index (χ3n) is 3.82. The van der Waals surface area contributed by atoms with Crippen LogP contribution in [0, 0.1) is 18.3 Å². The minimum absolute atomic E-state index is 0.0304. The van der Waals surface area contributed by atoms with Crippen molar-refractivity contribution in [3.8, 4) is 12.3 Å². The van der Waals surface area contributed by atoms with Crippen molar-refractivity contribution in [2.45, 2.75) is 12.8 Å². The van der Waals surface area contributed by atoms with Gasteiger partial charge in [0.2, 0.25) is 0 Å². The number of likely N-dealkylation sites (tertiary alicyclic amines) is 1. The lowest BCUT2D eigenvalue weighted by atomic mass is 9.99. The van der Waals surface area contributed by atoms with Gasteiger partial charge in [-0.15, -0.1) is 17.8 Å². The highest BCUT2D eigenvalue weighted by Crippen LogP contribution is 2.25. The molecule has 1 aliphatic rings. The van der Waals surface area contributed by atoms with E-state index in [-0.39, 0.29) is 5.91 Å². The second-order valence-electron chi connectivity index (χ2n) is 5.47. The van der Waals surface area contributed by atoms with Gasteiger partial charge in [0.1, 0.15) is 6.61 Å². The number of hydrogen-bond donors (Lipinski definition) is 0. The number of terminal acetylenes is 1. The van der Waals surface area contributed by atoms with E-state index in [2.05, 4.69) is 10.9 Å². The molecule has 0 spiro atoms. The Hall–Kier alpha value is -1.90. The summed E-state index contributed by atoms with van der Waals surface area (Å²) < 4.78 is 6.47. The Labute approximate surface area is 134 Å². The molecule has 1 fully saturated rings. The van der Waals surface area contributed by atoms with E-state index in [4.69, 9.17) is 11.2 Å². The van der Waals surface area contributed by atoms with Crippen molar-refractivity contribution in [3.05, 3.63) is 29.3 Å². The lowest BCUT2D eigenvalue weighted by molar-refractivity contribution is 0.0534. The maximum atomic E-state index is 12.6. The number of rotatable bonds is 4. The van der Waals surface area contributed by atoms with Crippen molar-refractivity contribution in [2.24, 2.45) is 5.92 Å². The number of thiazole rings is 1. The molecule has 0 saturated carbocycles. The fraction of sp³-hybridized carbons (Fsp3) is 0.412. The number of benzene rings is 1. The zero-order chi connectivity index (χ0) is 15.4. The van der Waals surface area contributed by atoms with Crippen molar-refractivity contribution < 1.29 is 9.53 Å². The number of nitrogens with zero attached hydrogens (tertiary/aromatic N) is 2. The predicted molar refractivity (Wildman–Crippen MR) is 87.9 cm³/mol. The first-order chi connectivity index (χ1) is 10.8. The average molecular weight is 314 g/mol. The summed E-state index contributed by atoms with van der Waals surface area (Å²) in [5.41, 5.74) is 0.891. The topological polar surface area (TPSA) is 42.4 Å². The van der Waals surface area contributed by atoms with E-state index >= 15 is 0 Å². The molecule has 1 saturated heterocycles. The molecule has 0 aliphatic carbocycles. The first-order valence-electron chi connectivity index (χ1n) is 7.44. The molecule has 1 aromatic carbocycles. The number of para-hydroxylation sites is 1. The average Bonchev–Trinajstić information content (AvgIpc) is 2.99. The van der Waals surface area contributed by atoms with Crippen LogP contribution >= 0.6 is 11.3 Å². The fourth-order valence-corrected chi connectivity index (χ4v) is 3.70. The molecule has 0 N–H and O–H groups in total. The van der Waals surface area contributed by atoms with Crippen molar-refractivity contribution in [1.82, 2.24) is 9.88 Å². The van der Waals surface area contributed by atoms with Gasteiger partial charge in [-0.3, -0.25) is 4.79 Å². The van der Waals surface area contributed by atoms with Gasteiger partial charge in [0.15, 0.2) is 5.01 Å². The Balaban J connectivity index is 1.67. The standard InChI is InChI=1S/C17H18N2O2S/c1-2-10-21-12-13-6-5-9-19(11-13)17(20)16-18-14-7-3-4-8-15(14)22-16/h1,3-4,7-8,13H,5-6,9-12H2. The van der Waals surface area contributed by atoms with Crippen molar-refractivity contribution in [3.63, 3.8) is 0 Å². The molecule has 0 radical (unpaired) electrons. The second-order valence-corrected chi connectivity index (χ2v) is 6.50. The van der Waals surface area contributed by atoms with Gasteiger partial charge in [0.25, 0.3) is 5.91 Å². The van der Waals surface area contributed by atoms with E-state index in [9.17, 15) is 4.79 Å². The van der Waals surface area contributed by atoms with E-state index in [0.717, 1.165) is 36.1 Å². The molecule has 2 heterocycles. The van der Waals surface area contributed by atoms with E-state index < -0.39 is 0 Å². The van der Waals surface area contributed by atoms with Crippen LogP contribution in [0.1, 0.15) is 22.6 Å². The van der Waals surface area contributed by atoms with Crippen LogP contribution in [-0.4, -0.2) is 42.1 Å². The smallest absolute Gasteiger partial charge is 0.282 e. The highest BCUT2D eigenvalue weighted by molar-refractivity contribution is 7.20. The molecule has 5 heteroatoms. The lowest BCUT2D eigenvalue weighted by Crippen LogP contribution is -2.41. The molecule has 1 unspecified atom stereocenters. The maximum absolute atomic E-state index is 12.6. The third kappa shape index (κ3) is 3.29. The third-order valence-corrected chi connectivity index (χ3v) is 4.85. The molecule has 2 aromatic rings. The highest BCUT2D eigenvalue weighted by Gasteiger charge is 2.26. The van der Waals surface area contributed by atoms with Gasteiger partial charge in [-0.25, -0.2) is 4.98 Å². The van der Waals surface area contributed by atoms with Crippen LogP contribution in [0.25, 0.3) is 10.2 Å². The van der Waals surface area contributed by atoms with E-state index in [1.54, 1.807) is 0 Å². The molecule has 0 bridgehead atoms. The molecule has 4 nitrogen and oxygen atoms in total. The zero-order valence-corrected chi connectivity index (χ0v) is 13.1. The zero-order valence-electron chi connectivity index (χ0n) is 12.3. The van der Waals surface area contributed by atoms with Crippen LogP contribution in [0.3, 0.4) is 0 Å². The van der Waals surface area contributed by atoms with Gasteiger partial charge in [-0.2, -0.15) is 0 Å². The Bertz CT molecular complexity index is 671. The van der Waals surface area contributed by atoms with E-state index in [1.807, 2.05) is 29.2 Å². The molecule has 22 heavy (non-hydrogen) atoms. The maximum Gasteiger partial charge on any atom is 0.282 e.